The Morgan fingerprint density at radius 3 is 2.73 bits per heavy atom. The Kier molecular flexibility index (Phi) is 6.19. The maximum Gasteiger partial charge on any atom is 0.311 e. The maximum absolute atomic E-state index is 12.6. The summed E-state index contributed by atoms with van der Waals surface area (Å²) in [4.78, 5) is 14.2. The van der Waals surface area contributed by atoms with E-state index in [1.165, 1.54) is 6.07 Å². The van der Waals surface area contributed by atoms with Crippen molar-refractivity contribution in [3.05, 3.63) is 52.2 Å². The molecule has 0 radical (unpaired) electrons. The van der Waals surface area contributed by atoms with Gasteiger partial charge in [-0.1, -0.05) is 29.8 Å². The number of nitrogens with zero attached hydrogens (tertiary/aromatic N) is 3. The quantitative estimate of drug-likeness (QED) is 0.595. The number of benzene rings is 1. The fourth-order valence-corrected chi connectivity index (χ4v) is 5.52. The van der Waals surface area contributed by atoms with Crippen LogP contribution >= 0.6 is 22.9 Å². The van der Waals surface area contributed by atoms with Gasteiger partial charge in [0, 0.05) is 30.0 Å². The van der Waals surface area contributed by atoms with Crippen molar-refractivity contribution in [2.24, 2.45) is 0 Å². The Hall–Kier alpha value is -2.27. The molecule has 4 rings (SSSR count). The average molecular weight is 467 g/mol. The molecule has 0 spiro atoms. The van der Waals surface area contributed by atoms with Gasteiger partial charge in [0.2, 0.25) is 15.9 Å². The molecule has 0 aliphatic carbocycles. The molecule has 1 saturated heterocycles. The molecule has 158 valence electrons. The summed E-state index contributed by atoms with van der Waals surface area (Å²) >= 11 is 7.11. The van der Waals surface area contributed by atoms with Crippen molar-refractivity contribution in [2.75, 3.05) is 13.1 Å². The van der Waals surface area contributed by atoms with Crippen LogP contribution in [0, 0.1) is 0 Å². The Balaban J connectivity index is 1.46. The number of aromatic nitrogens is 2. The monoisotopic (exact) mass is 466 g/mol. The third kappa shape index (κ3) is 4.56. The zero-order chi connectivity index (χ0) is 21.1. The highest BCUT2D eigenvalue weighted by atomic mass is 35.5. The third-order valence-electron chi connectivity index (χ3n) is 4.75. The molecule has 1 aliphatic heterocycles. The van der Waals surface area contributed by atoms with Gasteiger partial charge in [-0.25, -0.2) is 13.1 Å². The van der Waals surface area contributed by atoms with Gasteiger partial charge in [-0.05, 0) is 37.0 Å². The zero-order valence-corrected chi connectivity index (χ0v) is 18.3. The number of piperidine rings is 1. The number of carbonyl (C=O) groups is 1. The molecular formula is C19H19ClN4O4S2. The van der Waals surface area contributed by atoms with Gasteiger partial charge in [-0.3, -0.25) is 4.79 Å². The number of thiophene rings is 1. The molecule has 8 nitrogen and oxygen atoms in total. The summed E-state index contributed by atoms with van der Waals surface area (Å²) in [5.41, 5.74) is 1.13. The minimum atomic E-state index is -3.74. The Morgan fingerprint density at radius 1 is 1.20 bits per heavy atom. The van der Waals surface area contributed by atoms with E-state index in [-0.39, 0.29) is 28.4 Å². The van der Waals surface area contributed by atoms with E-state index >= 15 is 0 Å². The van der Waals surface area contributed by atoms with Crippen molar-refractivity contribution in [3.8, 4) is 11.5 Å². The number of likely N-dealkylation sites (tertiary alicyclic amines) is 1. The summed E-state index contributed by atoms with van der Waals surface area (Å²) in [6.07, 6.45) is 3.02. The van der Waals surface area contributed by atoms with Gasteiger partial charge < -0.3 is 9.32 Å². The van der Waals surface area contributed by atoms with Gasteiger partial charge in [-0.15, -0.1) is 21.5 Å². The Labute approximate surface area is 182 Å². The smallest absolute Gasteiger partial charge is 0.311 e. The lowest BCUT2D eigenvalue weighted by molar-refractivity contribution is 0.0684. The predicted octanol–water partition coefficient (Wildman–Crippen LogP) is 3.56. The molecule has 1 amide bonds. The fraction of sp³-hybridized carbons (Fsp3) is 0.316. The van der Waals surface area contributed by atoms with Crippen LogP contribution in [0.2, 0.25) is 5.02 Å². The van der Waals surface area contributed by atoms with E-state index in [0.29, 0.717) is 29.2 Å². The van der Waals surface area contributed by atoms with Crippen LogP contribution < -0.4 is 4.72 Å². The van der Waals surface area contributed by atoms with Crippen LogP contribution in [0.1, 0.15) is 35.5 Å². The van der Waals surface area contributed by atoms with Crippen molar-refractivity contribution in [3.63, 3.8) is 0 Å². The van der Waals surface area contributed by atoms with E-state index in [1.54, 1.807) is 34.5 Å². The number of nitrogens with one attached hydrogen (secondary N) is 1. The first kappa shape index (κ1) is 21.0. The number of amides is 1. The fourth-order valence-electron chi connectivity index (χ4n) is 3.11. The zero-order valence-electron chi connectivity index (χ0n) is 15.9. The maximum atomic E-state index is 12.6. The van der Waals surface area contributed by atoms with Gasteiger partial charge in [0.1, 0.15) is 4.21 Å². The van der Waals surface area contributed by atoms with Crippen LogP contribution in [0.5, 0.6) is 0 Å². The molecule has 0 saturated carbocycles. The minimum absolute atomic E-state index is 0.0737. The van der Waals surface area contributed by atoms with Crippen LogP contribution in [0.3, 0.4) is 0 Å². The van der Waals surface area contributed by atoms with E-state index in [9.17, 15) is 13.2 Å². The second kappa shape index (κ2) is 8.84. The van der Waals surface area contributed by atoms with Gasteiger partial charge in [0.15, 0.2) is 0 Å². The lowest BCUT2D eigenvalue weighted by Gasteiger charge is -2.24. The van der Waals surface area contributed by atoms with Gasteiger partial charge in [0.25, 0.3) is 0 Å². The second-order valence-electron chi connectivity index (χ2n) is 6.84. The number of halogens is 1. The van der Waals surface area contributed by atoms with E-state index in [0.717, 1.165) is 30.6 Å². The molecule has 1 aliphatic rings. The summed E-state index contributed by atoms with van der Waals surface area (Å²) in [5, 5.41) is 9.85. The second-order valence-corrected chi connectivity index (χ2v) is 10.1. The first-order valence-corrected chi connectivity index (χ1v) is 12.1. The van der Waals surface area contributed by atoms with Gasteiger partial charge >= 0.3 is 11.8 Å². The molecule has 3 aromatic rings. The van der Waals surface area contributed by atoms with Crippen LogP contribution in [-0.2, 0) is 16.6 Å². The summed E-state index contributed by atoms with van der Waals surface area (Å²) in [6, 6.07) is 8.47. The van der Waals surface area contributed by atoms with Crippen molar-refractivity contribution in [2.45, 2.75) is 30.0 Å². The Bertz CT molecular complexity index is 1150. The molecule has 2 aromatic heterocycles. The van der Waals surface area contributed by atoms with E-state index < -0.39 is 10.0 Å². The molecule has 30 heavy (non-hydrogen) atoms. The number of carbonyl (C=O) groups excluding carboxylic acids is 1. The number of hydrogen-bond acceptors (Lipinski definition) is 7. The highest BCUT2D eigenvalue weighted by molar-refractivity contribution is 7.91. The van der Waals surface area contributed by atoms with Crippen LogP contribution in [0.15, 0.2) is 44.3 Å². The van der Waals surface area contributed by atoms with Crippen molar-refractivity contribution in [1.82, 2.24) is 19.8 Å². The summed E-state index contributed by atoms with van der Waals surface area (Å²) in [7, 11) is -3.74. The highest BCUT2D eigenvalue weighted by Crippen LogP contribution is 2.28. The predicted molar refractivity (Wildman–Crippen MR) is 113 cm³/mol. The van der Waals surface area contributed by atoms with Crippen molar-refractivity contribution >= 4 is 38.9 Å². The average Bonchev–Trinajstić information content (AvgIpc) is 3.43. The van der Waals surface area contributed by atoms with Crippen molar-refractivity contribution < 1.29 is 17.6 Å². The van der Waals surface area contributed by atoms with E-state index in [1.807, 2.05) is 0 Å². The van der Waals surface area contributed by atoms with Crippen LogP contribution in [0.25, 0.3) is 11.5 Å². The molecule has 0 bridgehead atoms. The standard InChI is InChI=1S/C19H19ClN4O4S2/c20-15-7-3-2-6-13(15)11-21-30(26,27)16-10-14(12-29-16)17-22-23-18(28-17)19(25)24-8-4-1-5-9-24/h2-3,6-7,10,12,21H,1,4-5,8-9,11H2. The summed E-state index contributed by atoms with van der Waals surface area (Å²) in [5.74, 6) is -0.267. The van der Waals surface area contributed by atoms with Crippen LogP contribution in [-0.4, -0.2) is 42.5 Å². The topological polar surface area (TPSA) is 105 Å². The lowest BCUT2D eigenvalue weighted by Crippen LogP contribution is -2.35. The van der Waals surface area contributed by atoms with Crippen LogP contribution in [0.4, 0.5) is 0 Å². The molecule has 11 heteroatoms. The minimum Gasteiger partial charge on any atom is -0.412 e. The SMILES string of the molecule is O=C(c1nnc(-c2csc(S(=O)(=O)NCc3ccccc3Cl)c2)o1)N1CCCCC1. The molecule has 3 heterocycles. The summed E-state index contributed by atoms with van der Waals surface area (Å²) in [6.45, 7) is 1.42. The van der Waals surface area contributed by atoms with Gasteiger partial charge in [0.05, 0.1) is 5.56 Å². The molecule has 1 aromatic carbocycles. The molecule has 0 atom stereocenters. The molecule has 0 unspecified atom stereocenters. The summed E-state index contributed by atoms with van der Waals surface area (Å²) < 4.78 is 33.4. The molecule has 1 fully saturated rings. The largest absolute Gasteiger partial charge is 0.412 e. The highest BCUT2D eigenvalue weighted by Gasteiger charge is 2.25. The molecule has 1 N–H and O–H groups in total. The normalized spacial score (nSPS) is 14.8. The van der Waals surface area contributed by atoms with Gasteiger partial charge in [-0.2, -0.15) is 0 Å². The van der Waals surface area contributed by atoms with Crippen molar-refractivity contribution in [1.29, 1.82) is 0 Å². The van der Waals surface area contributed by atoms with E-state index in [4.69, 9.17) is 16.0 Å². The third-order valence-corrected chi connectivity index (χ3v) is 7.96. The molecular weight excluding hydrogens is 448 g/mol. The Morgan fingerprint density at radius 2 is 1.97 bits per heavy atom. The number of rotatable bonds is 6. The number of hydrogen-bond donors (Lipinski definition) is 1. The first-order valence-electron chi connectivity index (χ1n) is 9.39. The number of sulfonamides is 1. The van der Waals surface area contributed by atoms with E-state index in [2.05, 4.69) is 14.9 Å². The first-order chi connectivity index (χ1) is 14.4. The lowest BCUT2D eigenvalue weighted by atomic mass is 10.1.